The number of aryl methyl sites for hydroxylation is 1. The normalized spacial score (nSPS) is 26.9. The summed E-state index contributed by atoms with van der Waals surface area (Å²) in [5.41, 5.74) is 4.57. The number of hydrogen-bond acceptors (Lipinski definition) is 1. The van der Waals surface area contributed by atoms with Crippen molar-refractivity contribution in [3.63, 3.8) is 0 Å². The molecule has 2 aliphatic rings. The number of fused-ring (bicyclic) bond motifs is 1. The molecule has 0 aliphatic heterocycles. The molecule has 2 aromatic carbocycles. The maximum atomic E-state index is 2.47. The van der Waals surface area contributed by atoms with Crippen LogP contribution < -0.4 is 0 Å². The van der Waals surface area contributed by atoms with E-state index in [2.05, 4.69) is 62.4 Å². The van der Waals surface area contributed by atoms with Gasteiger partial charge in [-0.15, -0.1) is 11.3 Å². The second-order valence-corrected chi connectivity index (χ2v) is 11.5. The number of hydrogen-bond donors (Lipinski definition) is 0. The molecule has 0 bridgehead atoms. The van der Waals surface area contributed by atoms with Crippen LogP contribution in [-0.2, 0) is 0 Å². The van der Waals surface area contributed by atoms with E-state index in [0.717, 1.165) is 23.7 Å². The van der Waals surface area contributed by atoms with Crippen molar-refractivity contribution in [2.24, 2.45) is 5.92 Å². The minimum Gasteiger partial charge on any atom is -0.140 e. The molecule has 5 rings (SSSR count). The second-order valence-electron chi connectivity index (χ2n) is 10.4. The lowest BCUT2D eigenvalue weighted by Crippen LogP contribution is -2.14. The number of rotatable bonds is 5. The van der Waals surface area contributed by atoms with Crippen LogP contribution in [0, 0.1) is 12.8 Å². The second kappa shape index (κ2) is 9.49. The molecule has 0 saturated heterocycles. The van der Waals surface area contributed by atoms with Gasteiger partial charge in [0.15, 0.2) is 0 Å². The van der Waals surface area contributed by atoms with Crippen molar-refractivity contribution in [1.29, 1.82) is 0 Å². The first-order chi connectivity index (χ1) is 15.2. The van der Waals surface area contributed by atoms with Gasteiger partial charge in [0.2, 0.25) is 0 Å². The average molecular weight is 431 g/mol. The van der Waals surface area contributed by atoms with Gasteiger partial charge in [0.05, 0.1) is 0 Å². The van der Waals surface area contributed by atoms with Gasteiger partial charge in [0, 0.05) is 9.58 Å². The quantitative estimate of drug-likeness (QED) is 0.378. The number of benzene rings is 2. The Labute approximate surface area is 193 Å². The minimum atomic E-state index is 0.766. The summed E-state index contributed by atoms with van der Waals surface area (Å²) in [7, 11) is 0. The molecule has 1 aromatic heterocycles. The molecular formula is C30H38S. The van der Waals surface area contributed by atoms with E-state index in [1.165, 1.54) is 79.9 Å². The molecule has 0 atom stereocenters. The van der Waals surface area contributed by atoms with E-state index < -0.39 is 0 Å². The third kappa shape index (κ3) is 4.77. The fourth-order valence-corrected chi connectivity index (χ4v) is 7.64. The van der Waals surface area contributed by atoms with E-state index in [9.17, 15) is 0 Å². The Kier molecular flexibility index (Phi) is 6.51. The monoisotopic (exact) mass is 430 g/mol. The molecule has 1 heterocycles. The third-order valence-electron chi connectivity index (χ3n) is 8.25. The van der Waals surface area contributed by atoms with Crippen LogP contribution in [0.3, 0.4) is 0 Å². The summed E-state index contributed by atoms with van der Waals surface area (Å²) in [6.07, 6.45) is 13.9. The van der Waals surface area contributed by atoms with Gasteiger partial charge in [-0.05, 0) is 116 Å². The first-order valence-electron chi connectivity index (χ1n) is 12.8. The highest BCUT2D eigenvalue weighted by atomic mass is 32.1. The Hall–Kier alpha value is -1.60. The molecular weight excluding hydrogens is 392 g/mol. The lowest BCUT2D eigenvalue weighted by Gasteiger charge is -2.30. The molecule has 3 aromatic rings. The van der Waals surface area contributed by atoms with Gasteiger partial charge in [0.25, 0.3) is 0 Å². The van der Waals surface area contributed by atoms with Crippen LogP contribution in [0.15, 0.2) is 48.5 Å². The van der Waals surface area contributed by atoms with Crippen molar-refractivity contribution in [2.45, 2.75) is 95.8 Å². The molecule has 1 heteroatoms. The minimum absolute atomic E-state index is 0.766. The van der Waals surface area contributed by atoms with Crippen LogP contribution >= 0.6 is 11.3 Å². The van der Waals surface area contributed by atoms with Gasteiger partial charge in [-0.1, -0.05) is 56.2 Å². The summed E-state index contributed by atoms with van der Waals surface area (Å²) < 4.78 is 1.47. The zero-order chi connectivity index (χ0) is 21.2. The van der Waals surface area contributed by atoms with E-state index in [1.54, 1.807) is 16.0 Å². The summed E-state index contributed by atoms with van der Waals surface area (Å²) in [6.45, 7) is 4.54. The molecule has 2 fully saturated rings. The van der Waals surface area contributed by atoms with E-state index in [1.807, 2.05) is 11.3 Å². The molecule has 0 unspecified atom stereocenters. The van der Waals surface area contributed by atoms with Gasteiger partial charge in [-0.25, -0.2) is 0 Å². The first-order valence-corrected chi connectivity index (χ1v) is 13.6. The zero-order valence-corrected chi connectivity index (χ0v) is 20.2. The maximum Gasteiger partial charge on any atom is 0.0348 e. The Morgan fingerprint density at radius 1 is 0.710 bits per heavy atom. The van der Waals surface area contributed by atoms with Gasteiger partial charge in [-0.2, -0.15) is 0 Å². The lowest BCUT2D eigenvalue weighted by atomic mass is 9.76. The van der Waals surface area contributed by atoms with Crippen molar-refractivity contribution in [2.75, 3.05) is 0 Å². The summed E-state index contributed by atoms with van der Waals surface area (Å²) in [6, 6.07) is 19.3. The van der Waals surface area contributed by atoms with Crippen LogP contribution in [0.1, 0.15) is 110 Å². The molecule has 0 spiro atoms. The molecule has 31 heavy (non-hydrogen) atoms. The topological polar surface area (TPSA) is 0 Å². The highest BCUT2D eigenvalue weighted by Crippen LogP contribution is 2.44. The molecule has 0 nitrogen and oxygen atoms in total. The molecule has 0 amide bonds. The standard InChI is InChI=1S/C30H38S/c1-3-4-22-6-9-23(10-7-22)24-11-13-25(14-12-24)26-15-17-27(18-16-26)30-20-28-8-5-21(2)19-29(28)31-30/h5,8,11-14,19-20,22-23,26-27H,3-4,6-7,9-10,15-18H2,1-2H3. The molecule has 0 radical (unpaired) electrons. The number of thiophene rings is 1. The first kappa shape index (κ1) is 21.3. The Morgan fingerprint density at radius 3 is 1.90 bits per heavy atom. The summed E-state index contributed by atoms with van der Waals surface area (Å²) in [5.74, 6) is 3.35. The summed E-state index contributed by atoms with van der Waals surface area (Å²) in [4.78, 5) is 1.62. The van der Waals surface area contributed by atoms with Crippen LogP contribution in [-0.4, -0.2) is 0 Å². The Balaban J connectivity index is 1.18. The van der Waals surface area contributed by atoms with Crippen LogP contribution in [0.4, 0.5) is 0 Å². The fourth-order valence-electron chi connectivity index (χ4n) is 6.30. The molecule has 2 aliphatic carbocycles. The predicted molar refractivity (Wildman–Crippen MR) is 137 cm³/mol. The van der Waals surface area contributed by atoms with E-state index in [-0.39, 0.29) is 0 Å². The summed E-state index contributed by atoms with van der Waals surface area (Å²) in [5, 5.41) is 1.44. The van der Waals surface area contributed by atoms with Crippen molar-refractivity contribution in [3.8, 4) is 0 Å². The van der Waals surface area contributed by atoms with Crippen molar-refractivity contribution in [3.05, 3.63) is 70.1 Å². The lowest BCUT2D eigenvalue weighted by molar-refractivity contribution is 0.308. The van der Waals surface area contributed by atoms with Crippen LogP contribution in [0.25, 0.3) is 10.1 Å². The van der Waals surface area contributed by atoms with Gasteiger partial charge in [-0.3, -0.25) is 0 Å². The van der Waals surface area contributed by atoms with Crippen LogP contribution in [0.5, 0.6) is 0 Å². The highest BCUT2D eigenvalue weighted by molar-refractivity contribution is 7.19. The van der Waals surface area contributed by atoms with Crippen molar-refractivity contribution < 1.29 is 0 Å². The van der Waals surface area contributed by atoms with Crippen LogP contribution in [0.2, 0.25) is 0 Å². The van der Waals surface area contributed by atoms with Gasteiger partial charge in [0.1, 0.15) is 0 Å². The summed E-state index contributed by atoms with van der Waals surface area (Å²) >= 11 is 2.04. The van der Waals surface area contributed by atoms with E-state index >= 15 is 0 Å². The predicted octanol–water partition coefficient (Wildman–Crippen LogP) is 9.73. The Morgan fingerprint density at radius 2 is 1.29 bits per heavy atom. The molecule has 164 valence electrons. The van der Waals surface area contributed by atoms with Crippen molar-refractivity contribution in [1.82, 2.24) is 0 Å². The zero-order valence-electron chi connectivity index (χ0n) is 19.4. The SMILES string of the molecule is CCCC1CCC(c2ccc(C3CCC(c4cc5ccc(C)cc5s4)CC3)cc2)CC1. The Bertz CT molecular complexity index is 979. The van der Waals surface area contributed by atoms with Gasteiger partial charge < -0.3 is 0 Å². The van der Waals surface area contributed by atoms with Gasteiger partial charge >= 0.3 is 0 Å². The maximum absolute atomic E-state index is 2.47. The fraction of sp³-hybridized carbons (Fsp3) is 0.533. The molecule has 2 saturated carbocycles. The average Bonchev–Trinajstić information content (AvgIpc) is 3.23. The largest absolute Gasteiger partial charge is 0.140 e. The highest BCUT2D eigenvalue weighted by Gasteiger charge is 2.26. The van der Waals surface area contributed by atoms with Crippen molar-refractivity contribution >= 4 is 21.4 Å². The third-order valence-corrected chi connectivity index (χ3v) is 9.51. The smallest absolute Gasteiger partial charge is 0.0348 e. The molecule has 0 N–H and O–H groups in total. The van der Waals surface area contributed by atoms with E-state index in [0.29, 0.717) is 0 Å². The van der Waals surface area contributed by atoms with E-state index in [4.69, 9.17) is 0 Å².